The fourth-order valence-corrected chi connectivity index (χ4v) is 6.00. The van der Waals surface area contributed by atoms with Crippen molar-refractivity contribution in [1.82, 2.24) is 4.31 Å². The fourth-order valence-electron chi connectivity index (χ4n) is 4.33. The van der Waals surface area contributed by atoms with Crippen LogP contribution < -0.4 is 5.32 Å². The van der Waals surface area contributed by atoms with Crippen LogP contribution in [-0.2, 0) is 24.3 Å². The molecule has 0 aromatic heterocycles. The highest BCUT2D eigenvalue weighted by Gasteiger charge is 2.31. The van der Waals surface area contributed by atoms with Gasteiger partial charge in [-0.15, -0.1) is 0 Å². The van der Waals surface area contributed by atoms with Crippen LogP contribution in [0, 0.1) is 0 Å². The standard InChI is InChI=1S/C27H21ClN2O8S/c28-22-13-20-21(26(33)19-7-2-1-6-18(19)25(20)32)14-23(22)29-24(31)15-38-27(34)16-4-3-5-17(12-16)39(35,36)30-8-10-37-11-9-30/h1-7,12-14H,8-11,15H2,(H,29,31). The highest BCUT2D eigenvalue weighted by Crippen LogP contribution is 2.33. The smallest absolute Gasteiger partial charge is 0.338 e. The Morgan fingerprint density at radius 1 is 0.897 bits per heavy atom. The number of morpholine rings is 1. The number of ketones is 2. The maximum atomic E-state index is 12.9. The van der Waals surface area contributed by atoms with E-state index in [4.69, 9.17) is 21.1 Å². The molecule has 3 aromatic rings. The second kappa shape index (κ2) is 10.7. The molecule has 12 heteroatoms. The Morgan fingerprint density at radius 2 is 1.54 bits per heavy atom. The molecule has 5 rings (SSSR count). The van der Waals surface area contributed by atoms with Gasteiger partial charge in [0.15, 0.2) is 18.2 Å². The van der Waals surface area contributed by atoms with Crippen molar-refractivity contribution in [1.29, 1.82) is 0 Å². The first-order chi connectivity index (χ1) is 18.7. The van der Waals surface area contributed by atoms with E-state index in [0.717, 1.165) is 0 Å². The van der Waals surface area contributed by atoms with Crippen molar-refractivity contribution >= 4 is 50.8 Å². The third-order valence-electron chi connectivity index (χ3n) is 6.30. The van der Waals surface area contributed by atoms with Crippen molar-refractivity contribution in [2.75, 3.05) is 38.2 Å². The summed E-state index contributed by atoms with van der Waals surface area (Å²) in [4.78, 5) is 50.8. The zero-order valence-corrected chi connectivity index (χ0v) is 21.9. The number of nitrogens with one attached hydrogen (secondary N) is 1. The van der Waals surface area contributed by atoms with Crippen molar-refractivity contribution in [3.05, 3.63) is 93.5 Å². The zero-order chi connectivity index (χ0) is 27.7. The molecule has 1 aliphatic carbocycles. The lowest BCUT2D eigenvalue weighted by atomic mass is 9.84. The maximum Gasteiger partial charge on any atom is 0.338 e. The van der Waals surface area contributed by atoms with Gasteiger partial charge in [-0.25, -0.2) is 13.2 Å². The summed E-state index contributed by atoms with van der Waals surface area (Å²) >= 11 is 6.27. The van der Waals surface area contributed by atoms with Gasteiger partial charge in [0.25, 0.3) is 5.91 Å². The zero-order valence-electron chi connectivity index (χ0n) is 20.3. The van der Waals surface area contributed by atoms with Crippen molar-refractivity contribution in [2.45, 2.75) is 4.90 Å². The quantitative estimate of drug-likeness (QED) is 0.351. The minimum atomic E-state index is -3.83. The van der Waals surface area contributed by atoms with Crippen LogP contribution in [0.2, 0.25) is 5.02 Å². The van der Waals surface area contributed by atoms with Gasteiger partial charge in [-0.05, 0) is 30.3 Å². The Hall–Kier alpha value is -3.90. The van der Waals surface area contributed by atoms with Gasteiger partial charge in [0, 0.05) is 35.3 Å². The highest BCUT2D eigenvalue weighted by atomic mass is 35.5. The third-order valence-corrected chi connectivity index (χ3v) is 8.51. The molecule has 200 valence electrons. The summed E-state index contributed by atoms with van der Waals surface area (Å²) in [5, 5.41) is 2.50. The van der Waals surface area contributed by atoms with Crippen LogP contribution in [0.5, 0.6) is 0 Å². The van der Waals surface area contributed by atoms with E-state index in [2.05, 4.69) is 5.32 Å². The number of sulfonamides is 1. The number of carbonyl (C=O) groups excluding carboxylic acids is 4. The largest absolute Gasteiger partial charge is 0.452 e. The van der Waals surface area contributed by atoms with E-state index in [1.165, 1.54) is 40.7 Å². The molecule has 1 N–H and O–H groups in total. The number of ether oxygens (including phenoxy) is 2. The predicted octanol–water partition coefficient (Wildman–Crippen LogP) is 2.93. The van der Waals surface area contributed by atoms with Gasteiger partial charge in [0.2, 0.25) is 10.0 Å². The molecule has 1 fully saturated rings. The molecular weight excluding hydrogens is 548 g/mol. The Kier molecular flexibility index (Phi) is 7.32. The molecule has 0 bridgehead atoms. The lowest BCUT2D eigenvalue weighted by molar-refractivity contribution is -0.119. The van der Waals surface area contributed by atoms with E-state index in [1.807, 2.05) is 0 Å². The van der Waals surface area contributed by atoms with Crippen LogP contribution in [-0.4, -0.2) is 69.1 Å². The number of nitrogens with zero attached hydrogens (tertiary/aromatic N) is 1. The molecule has 1 heterocycles. The van der Waals surface area contributed by atoms with Gasteiger partial charge in [0.1, 0.15) is 0 Å². The minimum absolute atomic E-state index is 0.0231. The monoisotopic (exact) mass is 568 g/mol. The number of hydrogen-bond donors (Lipinski definition) is 1. The molecule has 0 radical (unpaired) electrons. The van der Waals surface area contributed by atoms with Crippen LogP contribution >= 0.6 is 11.6 Å². The summed E-state index contributed by atoms with van der Waals surface area (Å²) in [5.41, 5.74) is 0.758. The molecule has 1 amide bonds. The Balaban J connectivity index is 1.26. The van der Waals surface area contributed by atoms with Crippen LogP contribution in [0.25, 0.3) is 0 Å². The van der Waals surface area contributed by atoms with Gasteiger partial charge >= 0.3 is 5.97 Å². The molecule has 3 aromatic carbocycles. The summed E-state index contributed by atoms with van der Waals surface area (Å²) < 4.78 is 37.3. The molecule has 2 aliphatic rings. The Bertz CT molecular complexity index is 1630. The molecular formula is C27H21ClN2O8S. The maximum absolute atomic E-state index is 12.9. The van der Waals surface area contributed by atoms with Crippen LogP contribution in [0.1, 0.15) is 42.2 Å². The van der Waals surface area contributed by atoms with Crippen LogP contribution in [0.3, 0.4) is 0 Å². The van der Waals surface area contributed by atoms with E-state index in [-0.39, 0.29) is 81.3 Å². The average molecular weight is 569 g/mol. The van der Waals surface area contributed by atoms with Crippen molar-refractivity contribution in [3.63, 3.8) is 0 Å². The summed E-state index contributed by atoms with van der Waals surface area (Å²) in [6.07, 6.45) is 0. The summed E-state index contributed by atoms with van der Waals surface area (Å²) in [6, 6.07) is 14.4. The third kappa shape index (κ3) is 5.21. The van der Waals surface area contributed by atoms with Crippen molar-refractivity contribution in [2.24, 2.45) is 0 Å². The number of anilines is 1. The number of rotatable bonds is 6. The summed E-state index contributed by atoms with van der Waals surface area (Å²) in [7, 11) is -3.83. The van der Waals surface area contributed by atoms with Gasteiger partial charge in [-0.2, -0.15) is 4.31 Å². The lowest BCUT2D eigenvalue weighted by Gasteiger charge is -2.26. The topological polar surface area (TPSA) is 136 Å². The highest BCUT2D eigenvalue weighted by molar-refractivity contribution is 7.89. The number of carbonyl (C=O) groups is 4. The molecule has 1 aliphatic heterocycles. The summed E-state index contributed by atoms with van der Waals surface area (Å²) in [6.45, 7) is 0.260. The molecule has 1 saturated heterocycles. The normalized spacial score (nSPS) is 15.3. The molecule has 10 nitrogen and oxygen atoms in total. The second-order valence-corrected chi connectivity index (χ2v) is 11.1. The fraction of sp³-hybridized carbons (Fsp3) is 0.185. The van der Waals surface area contributed by atoms with E-state index in [1.54, 1.807) is 24.3 Å². The molecule has 0 saturated carbocycles. The first-order valence-corrected chi connectivity index (χ1v) is 13.7. The molecule has 39 heavy (non-hydrogen) atoms. The number of hydrogen-bond acceptors (Lipinski definition) is 8. The second-order valence-electron chi connectivity index (χ2n) is 8.75. The van der Waals surface area contributed by atoms with Gasteiger partial charge in [0.05, 0.1) is 34.4 Å². The predicted molar refractivity (Wildman–Crippen MR) is 140 cm³/mol. The van der Waals surface area contributed by atoms with Gasteiger partial charge in [-0.1, -0.05) is 41.9 Å². The number of benzene rings is 3. The van der Waals surface area contributed by atoms with Crippen LogP contribution in [0.4, 0.5) is 5.69 Å². The lowest BCUT2D eigenvalue weighted by Crippen LogP contribution is -2.40. The van der Waals surface area contributed by atoms with E-state index < -0.39 is 28.5 Å². The van der Waals surface area contributed by atoms with Gasteiger partial charge in [-0.3, -0.25) is 14.4 Å². The van der Waals surface area contributed by atoms with Crippen molar-refractivity contribution in [3.8, 4) is 0 Å². The summed E-state index contributed by atoms with van der Waals surface area (Å²) in [5.74, 6) is -2.40. The minimum Gasteiger partial charge on any atom is -0.452 e. The number of fused-ring (bicyclic) bond motifs is 2. The Labute approximate surface area is 228 Å². The van der Waals surface area contributed by atoms with Crippen molar-refractivity contribution < 1.29 is 37.1 Å². The number of amides is 1. The number of esters is 1. The average Bonchev–Trinajstić information content (AvgIpc) is 2.96. The molecule has 0 spiro atoms. The first-order valence-electron chi connectivity index (χ1n) is 11.8. The van der Waals surface area contributed by atoms with E-state index >= 15 is 0 Å². The molecule has 0 unspecified atom stereocenters. The molecule has 0 atom stereocenters. The van der Waals surface area contributed by atoms with Crippen LogP contribution in [0.15, 0.2) is 65.6 Å². The van der Waals surface area contributed by atoms with Gasteiger partial charge < -0.3 is 14.8 Å². The number of halogens is 1. The Morgan fingerprint density at radius 3 is 2.21 bits per heavy atom. The SMILES string of the molecule is O=C(COC(=O)c1cccc(S(=O)(=O)N2CCOCC2)c1)Nc1cc2c(cc1Cl)C(=O)c1ccccc1C2=O. The van der Waals surface area contributed by atoms with E-state index in [9.17, 15) is 27.6 Å². The first kappa shape index (κ1) is 26.7. The van der Waals surface area contributed by atoms with E-state index in [0.29, 0.717) is 0 Å².